The lowest BCUT2D eigenvalue weighted by Crippen LogP contribution is -2.57. The maximum absolute atomic E-state index is 14.0. The molecule has 0 saturated carbocycles. The van der Waals surface area contributed by atoms with E-state index in [4.69, 9.17) is 18.9 Å². The number of urea groups is 1. The van der Waals surface area contributed by atoms with Gasteiger partial charge in [-0.2, -0.15) is 0 Å². The third kappa shape index (κ3) is 7.50. The van der Waals surface area contributed by atoms with Crippen molar-refractivity contribution in [1.82, 2.24) is 10.2 Å². The highest BCUT2D eigenvalue weighted by Gasteiger charge is 2.37. The molecule has 3 amide bonds. The molecule has 0 radical (unpaired) electrons. The number of anilines is 1. The second-order valence-corrected chi connectivity index (χ2v) is 9.10. The molecule has 3 rings (SSSR count). The van der Waals surface area contributed by atoms with Crippen molar-refractivity contribution in [2.75, 3.05) is 59.1 Å². The van der Waals surface area contributed by atoms with Crippen LogP contribution in [0, 0.1) is 11.7 Å². The second-order valence-electron chi connectivity index (χ2n) is 9.10. The number of unbranched alkanes of at least 4 members (excludes halogenated alkanes) is 2. The van der Waals surface area contributed by atoms with Crippen LogP contribution in [0.3, 0.4) is 0 Å². The molecule has 208 valence electrons. The van der Waals surface area contributed by atoms with Gasteiger partial charge in [-0.15, -0.1) is 0 Å². The molecule has 1 saturated heterocycles. The minimum Gasteiger partial charge on any atom is -0.496 e. The van der Waals surface area contributed by atoms with E-state index in [2.05, 4.69) is 12.2 Å². The minimum atomic E-state index is -0.528. The van der Waals surface area contributed by atoms with Gasteiger partial charge in [0.25, 0.3) is 0 Å². The monoisotopic (exact) mass is 531 g/mol. The Morgan fingerprint density at radius 3 is 2.47 bits per heavy atom. The number of amides is 3. The van der Waals surface area contributed by atoms with Crippen LogP contribution >= 0.6 is 0 Å². The molecule has 10 heteroatoms. The fourth-order valence-corrected chi connectivity index (χ4v) is 4.36. The van der Waals surface area contributed by atoms with Crippen LogP contribution in [-0.4, -0.2) is 71.0 Å². The van der Waals surface area contributed by atoms with Crippen LogP contribution in [-0.2, 0) is 16.1 Å². The molecule has 0 aromatic heterocycles. The molecule has 2 aromatic rings. The lowest BCUT2D eigenvalue weighted by molar-refractivity contribution is -0.125. The molecule has 9 nitrogen and oxygen atoms in total. The maximum atomic E-state index is 14.0. The summed E-state index contributed by atoms with van der Waals surface area (Å²) in [5.74, 6) is 0.393. The molecule has 1 fully saturated rings. The summed E-state index contributed by atoms with van der Waals surface area (Å²) < 4.78 is 35.9. The zero-order valence-electron chi connectivity index (χ0n) is 22.6. The van der Waals surface area contributed by atoms with Gasteiger partial charge in [0.05, 0.1) is 39.9 Å². The summed E-state index contributed by atoms with van der Waals surface area (Å²) in [4.78, 5) is 29.8. The van der Waals surface area contributed by atoms with Gasteiger partial charge < -0.3 is 29.2 Å². The standard InChI is InChI=1S/C28H38FN3O6/c1-5-6-7-13-38-26-16-23(9-11-25(26)37-4)32-19-21(27(33)30-12-14-35-2)18-31(28(32)34)17-20-15-22(29)8-10-24(20)36-3/h8-11,15-16,21H,5-7,12-14,17-19H2,1-4H3,(H,30,33). The Balaban J connectivity index is 1.90. The molecule has 1 aliphatic heterocycles. The van der Waals surface area contributed by atoms with Crippen molar-refractivity contribution >= 4 is 17.6 Å². The van der Waals surface area contributed by atoms with E-state index in [9.17, 15) is 14.0 Å². The molecular weight excluding hydrogens is 493 g/mol. The number of carbonyl (C=O) groups excluding carboxylic acids is 2. The van der Waals surface area contributed by atoms with Crippen molar-refractivity contribution in [3.05, 3.63) is 47.8 Å². The molecule has 1 N–H and O–H groups in total. The number of carbonyl (C=O) groups is 2. The number of ether oxygens (including phenoxy) is 4. The molecule has 1 aliphatic rings. The zero-order valence-corrected chi connectivity index (χ0v) is 22.6. The fourth-order valence-electron chi connectivity index (χ4n) is 4.36. The largest absolute Gasteiger partial charge is 0.496 e. The van der Waals surface area contributed by atoms with Gasteiger partial charge in [-0.25, -0.2) is 9.18 Å². The Bertz CT molecular complexity index is 1080. The molecule has 0 spiro atoms. The minimum absolute atomic E-state index is 0.0780. The first kappa shape index (κ1) is 29.0. The predicted octanol–water partition coefficient (Wildman–Crippen LogP) is 4.23. The topological polar surface area (TPSA) is 89.6 Å². The number of halogens is 1. The smallest absolute Gasteiger partial charge is 0.324 e. The van der Waals surface area contributed by atoms with Gasteiger partial charge in [0.2, 0.25) is 5.91 Å². The first-order valence-electron chi connectivity index (χ1n) is 12.9. The molecule has 1 atom stereocenters. The summed E-state index contributed by atoms with van der Waals surface area (Å²) in [6.45, 7) is 3.81. The number of benzene rings is 2. The van der Waals surface area contributed by atoms with E-state index in [0.29, 0.717) is 48.3 Å². The molecule has 38 heavy (non-hydrogen) atoms. The number of nitrogens with one attached hydrogen (secondary N) is 1. The predicted molar refractivity (Wildman–Crippen MR) is 142 cm³/mol. The van der Waals surface area contributed by atoms with Crippen LogP contribution in [0.4, 0.5) is 14.9 Å². The van der Waals surface area contributed by atoms with Crippen LogP contribution < -0.4 is 24.4 Å². The van der Waals surface area contributed by atoms with E-state index < -0.39 is 11.7 Å². The van der Waals surface area contributed by atoms with Gasteiger partial charge in [-0.1, -0.05) is 19.8 Å². The molecule has 1 heterocycles. The maximum Gasteiger partial charge on any atom is 0.324 e. The normalized spacial score (nSPS) is 15.4. The van der Waals surface area contributed by atoms with E-state index in [1.54, 1.807) is 37.3 Å². The van der Waals surface area contributed by atoms with Crippen LogP contribution in [0.25, 0.3) is 0 Å². The number of hydrogen-bond acceptors (Lipinski definition) is 6. The molecule has 2 aromatic carbocycles. The third-order valence-corrected chi connectivity index (χ3v) is 6.39. The first-order valence-corrected chi connectivity index (χ1v) is 12.9. The number of hydrogen-bond donors (Lipinski definition) is 1. The average molecular weight is 532 g/mol. The highest BCUT2D eigenvalue weighted by molar-refractivity contribution is 5.95. The van der Waals surface area contributed by atoms with Gasteiger partial charge in [0.1, 0.15) is 11.6 Å². The van der Waals surface area contributed by atoms with Crippen LogP contribution in [0.15, 0.2) is 36.4 Å². The van der Waals surface area contributed by atoms with Crippen molar-refractivity contribution in [3.63, 3.8) is 0 Å². The van der Waals surface area contributed by atoms with Gasteiger partial charge in [-0.3, -0.25) is 9.69 Å². The summed E-state index contributed by atoms with van der Waals surface area (Å²) in [5, 5.41) is 2.87. The van der Waals surface area contributed by atoms with Crippen molar-refractivity contribution in [1.29, 1.82) is 0 Å². The quantitative estimate of drug-likeness (QED) is 0.367. The second kappa shape index (κ2) is 14.4. The summed E-state index contributed by atoms with van der Waals surface area (Å²) in [5.41, 5.74) is 1.09. The molecule has 0 bridgehead atoms. The van der Waals surface area contributed by atoms with E-state index in [1.165, 1.54) is 30.2 Å². The third-order valence-electron chi connectivity index (χ3n) is 6.39. The number of methoxy groups -OCH3 is 3. The Morgan fingerprint density at radius 2 is 1.76 bits per heavy atom. The molecule has 1 unspecified atom stereocenters. The SMILES string of the molecule is CCCCCOc1cc(N2CC(C(=O)NCCOC)CN(Cc3cc(F)ccc3OC)C2=O)ccc1OC. The number of nitrogens with zero attached hydrogens (tertiary/aromatic N) is 2. The summed E-state index contributed by atoms with van der Waals surface area (Å²) in [6.07, 6.45) is 3.02. The Hall–Kier alpha value is -3.53. The molecule has 0 aliphatic carbocycles. The Morgan fingerprint density at radius 1 is 1.00 bits per heavy atom. The van der Waals surface area contributed by atoms with E-state index >= 15 is 0 Å². The summed E-state index contributed by atoms with van der Waals surface area (Å²) in [7, 11) is 4.62. The van der Waals surface area contributed by atoms with E-state index in [0.717, 1.165) is 19.3 Å². The Labute approximate surface area is 223 Å². The summed E-state index contributed by atoms with van der Waals surface area (Å²) in [6, 6.07) is 9.14. The highest BCUT2D eigenvalue weighted by Crippen LogP contribution is 2.34. The lowest BCUT2D eigenvalue weighted by atomic mass is 10.0. The highest BCUT2D eigenvalue weighted by atomic mass is 19.1. The van der Waals surface area contributed by atoms with Crippen LogP contribution in [0.5, 0.6) is 17.2 Å². The fraction of sp³-hybridized carbons (Fsp3) is 0.500. The van der Waals surface area contributed by atoms with Crippen molar-refractivity contribution in [2.24, 2.45) is 5.92 Å². The van der Waals surface area contributed by atoms with Gasteiger partial charge >= 0.3 is 6.03 Å². The van der Waals surface area contributed by atoms with Gasteiger partial charge in [0.15, 0.2) is 11.5 Å². The van der Waals surface area contributed by atoms with Crippen LogP contribution in [0.1, 0.15) is 31.7 Å². The average Bonchev–Trinajstić information content (AvgIpc) is 2.92. The van der Waals surface area contributed by atoms with Crippen LogP contribution in [0.2, 0.25) is 0 Å². The van der Waals surface area contributed by atoms with Gasteiger partial charge in [-0.05, 0) is 36.8 Å². The molecular formula is C28H38FN3O6. The lowest BCUT2D eigenvalue weighted by Gasteiger charge is -2.39. The van der Waals surface area contributed by atoms with Crippen molar-refractivity contribution < 1.29 is 32.9 Å². The summed E-state index contributed by atoms with van der Waals surface area (Å²) >= 11 is 0. The van der Waals surface area contributed by atoms with E-state index in [1.807, 2.05) is 0 Å². The number of rotatable bonds is 14. The van der Waals surface area contributed by atoms with E-state index in [-0.39, 0.29) is 31.6 Å². The Kier molecular flexibility index (Phi) is 11.0. The first-order chi connectivity index (χ1) is 18.4. The zero-order chi connectivity index (χ0) is 27.5. The van der Waals surface area contributed by atoms with Gasteiger partial charge in [0, 0.05) is 44.1 Å². The van der Waals surface area contributed by atoms with Crippen molar-refractivity contribution in [2.45, 2.75) is 32.7 Å². The van der Waals surface area contributed by atoms with Crippen molar-refractivity contribution in [3.8, 4) is 17.2 Å².